The molecule has 0 N–H and O–H groups in total. The van der Waals surface area contributed by atoms with Gasteiger partial charge in [0, 0.05) is 60.2 Å². The number of rotatable bonds is 11. The van der Waals surface area contributed by atoms with E-state index in [0.717, 1.165) is 50.3 Å². The van der Waals surface area contributed by atoms with Crippen LogP contribution in [0.1, 0.15) is 18.0 Å². The van der Waals surface area contributed by atoms with Crippen molar-refractivity contribution < 1.29 is 4.74 Å². The first-order chi connectivity index (χ1) is 18.9. The van der Waals surface area contributed by atoms with Crippen LogP contribution in [0.5, 0.6) is 0 Å². The van der Waals surface area contributed by atoms with E-state index in [4.69, 9.17) is 4.74 Å². The van der Waals surface area contributed by atoms with Crippen LogP contribution < -0.4 is 0 Å². The predicted octanol–water partition coefficient (Wildman–Crippen LogP) is 6.66. The minimum Gasteiger partial charge on any atom is -0.361 e. The van der Waals surface area contributed by atoms with E-state index in [-0.39, 0.29) is 12.5 Å². The van der Waals surface area contributed by atoms with Gasteiger partial charge in [0.15, 0.2) is 0 Å². The predicted molar refractivity (Wildman–Crippen MR) is 156 cm³/mol. The molecule has 39 heavy (non-hydrogen) atoms. The summed E-state index contributed by atoms with van der Waals surface area (Å²) in [5, 5.41) is 15.2. The average Bonchev–Trinajstić information content (AvgIpc) is 3.58. The first kappa shape index (κ1) is 26.8. The van der Waals surface area contributed by atoms with Crippen molar-refractivity contribution >= 4 is 30.9 Å². The van der Waals surface area contributed by atoms with Crippen molar-refractivity contribution in [1.29, 1.82) is 5.26 Å². The number of aromatic nitrogens is 6. The van der Waals surface area contributed by atoms with Gasteiger partial charge in [-0.2, -0.15) is 10.4 Å². The second-order valence-electron chi connectivity index (χ2n) is 10.5. The van der Waals surface area contributed by atoms with E-state index in [1.54, 1.807) is 24.3 Å². The molecule has 1 aromatic carbocycles. The van der Waals surface area contributed by atoms with Crippen LogP contribution >= 0.6 is 11.8 Å². The molecule has 0 saturated heterocycles. The topological polar surface area (TPSA) is 94.4 Å². The molecule has 1 unspecified atom stereocenters. The van der Waals surface area contributed by atoms with Crippen molar-refractivity contribution in [2.45, 2.75) is 54.7 Å². The fraction of sp³-hybridized carbons (Fsp3) is 0.276. The monoisotopic (exact) mass is 553 g/mol. The Morgan fingerprint density at radius 1 is 1.05 bits per heavy atom. The Bertz CT molecular complexity index is 1590. The average molecular weight is 554 g/mol. The van der Waals surface area contributed by atoms with Crippen molar-refractivity contribution in [3.05, 3.63) is 85.3 Å². The Hall–Kier alpha value is -3.78. The van der Waals surface area contributed by atoms with Gasteiger partial charge in [0.2, 0.25) is 0 Å². The van der Waals surface area contributed by atoms with Crippen LogP contribution in [-0.4, -0.2) is 44.0 Å². The quantitative estimate of drug-likeness (QED) is 0.133. The van der Waals surface area contributed by atoms with Gasteiger partial charge in [-0.05, 0) is 35.9 Å². The Balaban J connectivity index is 1.37. The van der Waals surface area contributed by atoms with Gasteiger partial charge >= 0.3 is 0 Å². The van der Waals surface area contributed by atoms with E-state index >= 15 is 0 Å². The molecule has 5 aromatic rings. The molecule has 1 atom stereocenters. The number of hydrogen-bond acceptors (Lipinski definition) is 7. The summed E-state index contributed by atoms with van der Waals surface area (Å²) >= 11 is 1.64. The van der Waals surface area contributed by atoms with E-state index in [1.807, 2.05) is 58.3 Å². The van der Waals surface area contributed by atoms with Crippen LogP contribution in [0.25, 0.3) is 22.3 Å². The highest BCUT2D eigenvalue weighted by molar-refractivity contribution is 7.99. The summed E-state index contributed by atoms with van der Waals surface area (Å²) in [4.78, 5) is 15.7. The van der Waals surface area contributed by atoms with Crippen LogP contribution in [0.15, 0.2) is 89.6 Å². The SMILES string of the molecule is C[Si](C)(C)CCOCn1ccc2c(-c3cnn(C(CC#N)c4cncc(Sc5ccccc5)c4)c3)ncnc21. The first-order valence-electron chi connectivity index (χ1n) is 12.9. The van der Waals surface area contributed by atoms with Crippen LogP contribution in [0.2, 0.25) is 25.7 Å². The molecular weight excluding hydrogens is 523 g/mol. The Kier molecular flexibility index (Phi) is 8.21. The molecule has 0 aliphatic heterocycles. The maximum absolute atomic E-state index is 9.62. The third-order valence-electron chi connectivity index (χ3n) is 6.36. The standard InChI is InChI=1S/C29H31N7OSSi/c1-39(2,3)14-13-37-21-35-12-10-26-28(32-20-33-29(26)35)23-17-34-36(19-23)27(9-11-30)22-15-25(18-31-16-22)38-24-7-5-4-6-8-24/h4-8,10,12,15-20,27H,9,13-14,21H2,1-3H3. The van der Waals surface area contributed by atoms with Crippen LogP contribution in [0.3, 0.4) is 0 Å². The fourth-order valence-corrected chi connectivity index (χ4v) is 5.89. The van der Waals surface area contributed by atoms with Gasteiger partial charge in [0.05, 0.1) is 30.4 Å². The molecular formula is C29H31N7OSSi. The fourth-order valence-electron chi connectivity index (χ4n) is 4.26. The van der Waals surface area contributed by atoms with Crippen molar-refractivity contribution in [3.8, 4) is 17.3 Å². The highest BCUT2D eigenvalue weighted by atomic mass is 32.2. The lowest BCUT2D eigenvalue weighted by Gasteiger charge is -2.15. The molecule has 0 amide bonds. The molecule has 0 bridgehead atoms. The zero-order valence-electron chi connectivity index (χ0n) is 22.4. The minimum absolute atomic E-state index is 0.269. The number of hydrogen-bond donors (Lipinski definition) is 0. The summed E-state index contributed by atoms with van der Waals surface area (Å²) in [5.74, 6) is 0. The number of benzene rings is 1. The Morgan fingerprint density at radius 2 is 1.90 bits per heavy atom. The van der Waals surface area contributed by atoms with E-state index in [0.29, 0.717) is 6.73 Å². The lowest BCUT2D eigenvalue weighted by atomic mass is 10.1. The Morgan fingerprint density at radius 3 is 2.69 bits per heavy atom. The van der Waals surface area contributed by atoms with Gasteiger partial charge in [-0.1, -0.05) is 49.6 Å². The minimum atomic E-state index is -1.14. The maximum Gasteiger partial charge on any atom is 0.145 e. The van der Waals surface area contributed by atoms with Crippen LogP contribution in [-0.2, 0) is 11.5 Å². The molecule has 0 saturated carbocycles. The van der Waals surface area contributed by atoms with E-state index in [2.05, 4.69) is 64.0 Å². The summed E-state index contributed by atoms with van der Waals surface area (Å²) in [7, 11) is -1.14. The first-order valence-corrected chi connectivity index (χ1v) is 17.4. The molecule has 0 spiro atoms. The van der Waals surface area contributed by atoms with E-state index in [1.165, 1.54) is 0 Å². The summed E-state index contributed by atoms with van der Waals surface area (Å²) in [5.41, 5.74) is 3.42. The van der Waals surface area contributed by atoms with Crippen LogP contribution in [0, 0.1) is 11.3 Å². The third kappa shape index (κ3) is 6.62. The molecule has 0 aliphatic carbocycles. The van der Waals surface area contributed by atoms with Crippen LogP contribution in [0.4, 0.5) is 0 Å². The van der Waals surface area contributed by atoms with Crippen molar-refractivity contribution in [1.82, 2.24) is 29.3 Å². The summed E-state index contributed by atoms with van der Waals surface area (Å²) in [6.07, 6.45) is 11.2. The molecule has 0 fully saturated rings. The zero-order chi connectivity index (χ0) is 27.2. The van der Waals surface area contributed by atoms with Gasteiger partial charge in [0.25, 0.3) is 0 Å². The molecule has 5 rings (SSSR count). The normalized spacial score (nSPS) is 12.5. The molecule has 0 aliphatic rings. The Labute approximate surface area is 233 Å². The number of nitriles is 1. The number of ether oxygens (including phenoxy) is 1. The van der Waals surface area contributed by atoms with Gasteiger partial charge in [0.1, 0.15) is 18.7 Å². The molecule has 0 radical (unpaired) electrons. The molecule has 8 nitrogen and oxygen atoms in total. The van der Waals surface area contributed by atoms with Crippen molar-refractivity contribution in [2.24, 2.45) is 0 Å². The zero-order valence-corrected chi connectivity index (χ0v) is 24.2. The van der Waals surface area contributed by atoms with Gasteiger partial charge in [-0.3, -0.25) is 9.67 Å². The summed E-state index contributed by atoms with van der Waals surface area (Å²) in [6, 6.07) is 17.4. The maximum atomic E-state index is 9.62. The van der Waals surface area contributed by atoms with Gasteiger partial charge in [-0.25, -0.2) is 9.97 Å². The van der Waals surface area contributed by atoms with Crippen molar-refractivity contribution in [2.75, 3.05) is 6.61 Å². The summed E-state index contributed by atoms with van der Waals surface area (Å²) < 4.78 is 9.79. The molecule has 4 heterocycles. The lowest BCUT2D eigenvalue weighted by molar-refractivity contribution is 0.0899. The van der Waals surface area contributed by atoms with Gasteiger partial charge in [-0.15, -0.1) is 0 Å². The van der Waals surface area contributed by atoms with E-state index in [9.17, 15) is 5.26 Å². The highest BCUT2D eigenvalue weighted by Crippen LogP contribution is 2.32. The molecule has 198 valence electrons. The second-order valence-corrected chi connectivity index (χ2v) is 17.3. The van der Waals surface area contributed by atoms with Gasteiger partial charge < -0.3 is 9.30 Å². The number of pyridine rings is 1. The second kappa shape index (κ2) is 11.9. The lowest BCUT2D eigenvalue weighted by Crippen LogP contribution is -2.22. The molecule has 4 aromatic heterocycles. The number of fused-ring (bicyclic) bond motifs is 1. The van der Waals surface area contributed by atoms with E-state index < -0.39 is 8.07 Å². The van der Waals surface area contributed by atoms with Crippen molar-refractivity contribution in [3.63, 3.8) is 0 Å². The third-order valence-corrected chi connectivity index (χ3v) is 9.03. The smallest absolute Gasteiger partial charge is 0.145 e. The number of nitrogens with zero attached hydrogens (tertiary/aromatic N) is 7. The molecule has 10 heteroatoms. The summed E-state index contributed by atoms with van der Waals surface area (Å²) in [6.45, 7) is 8.25. The highest BCUT2D eigenvalue weighted by Gasteiger charge is 2.19. The largest absolute Gasteiger partial charge is 0.361 e.